The molecule has 4 fully saturated rings. The molecule has 0 bridgehead atoms. The van der Waals surface area contributed by atoms with Gasteiger partial charge in [-0.15, -0.1) is 0 Å². The van der Waals surface area contributed by atoms with Crippen molar-refractivity contribution in [2.75, 3.05) is 0 Å². The topological polar surface area (TPSA) is 37.3 Å². The van der Waals surface area contributed by atoms with E-state index in [9.17, 15) is 9.90 Å². The molecule has 4 rings (SSSR count). The Bertz CT molecular complexity index is 486. The van der Waals surface area contributed by atoms with E-state index in [1.165, 1.54) is 38.5 Å². The number of aliphatic hydroxyl groups excluding tert-OH is 1. The molecule has 4 aliphatic rings. The largest absolute Gasteiger partial charge is 0.385 e. The molecule has 0 radical (unpaired) electrons. The number of carbonyl (C=O) groups is 1. The molecule has 0 heterocycles. The van der Waals surface area contributed by atoms with Crippen molar-refractivity contribution in [3.8, 4) is 0 Å². The second-order valence-electron chi connectivity index (χ2n) is 9.61. The minimum absolute atomic E-state index is 0.153. The van der Waals surface area contributed by atoms with Crippen LogP contribution >= 0.6 is 0 Å². The average molecular weight is 304 g/mol. The van der Waals surface area contributed by atoms with Gasteiger partial charge in [0, 0.05) is 5.41 Å². The fourth-order valence-corrected chi connectivity index (χ4v) is 7.26. The second-order valence-corrected chi connectivity index (χ2v) is 9.61. The summed E-state index contributed by atoms with van der Waals surface area (Å²) in [7, 11) is 0. The third kappa shape index (κ3) is 1.85. The number of hydrogen-bond donors (Lipinski definition) is 1. The van der Waals surface area contributed by atoms with Crippen molar-refractivity contribution in [1.82, 2.24) is 0 Å². The van der Waals surface area contributed by atoms with Gasteiger partial charge >= 0.3 is 0 Å². The van der Waals surface area contributed by atoms with Crippen LogP contribution in [0, 0.1) is 40.4 Å². The summed E-state index contributed by atoms with van der Waals surface area (Å²) in [6.45, 7) is 7.15. The Morgan fingerprint density at radius 1 is 1.00 bits per heavy atom. The molecule has 3 unspecified atom stereocenters. The summed E-state index contributed by atoms with van der Waals surface area (Å²) in [5.41, 5.74) is 0.291. The zero-order valence-electron chi connectivity index (χ0n) is 14.5. The third-order valence-electron chi connectivity index (χ3n) is 8.66. The highest BCUT2D eigenvalue weighted by Gasteiger charge is 2.61. The van der Waals surface area contributed by atoms with Crippen LogP contribution in [0.1, 0.15) is 72.1 Å². The van der Waals surface area contributed by atoms with Gasteiger partial charge in [-0.25, -0.2) is 0 Å². The summed E-state index contributed by atoms with van der Waals surface area (Å²) in [6.07, 6.45) is 9.17. The van der Waals surface area contributed by atoms with E-state index in [0.29, 0.717) is 17.3 Å². The minimum atomic E-state index is -0.675. The first-order chi connectivity index (χ1) is 10.4. The summed E-state index contributed by atoms with van der Waals surface area (Å²) in [6, 6.07) is 0. The van der Waals surface area contributed by atoms with Gasteiger partial charge in [0.1, 0.15) is 6.10 Å². The molecular weight excluding hydrogens is 272 g/mol. The van der Waals surface area contributed by atoms with Gasteiger partial charge in [0.15, 0.2) is 5.78 Å². The van der Waals surface area contributed by atoms with Crippen LogP contribution < -0.4 is 0 Å². The zero-order valence-corrected chi connectivity index (χ0v) is 14.5. The molecule has 0 saturated heterocycles. The Morgan fingerprint density at radius 3 is 2.55 bits per heavy atom. The molecule has 2 heteroatoms. The van der Waals surface area contributed by atoms with Gasteiger partial charge in [-0.3, -0.25) is 4.79 Å². The van der Waals surface area contributed by atoms with Crippen LogP contribution in [0.3, 0.4) is 0 Å². The molecule has 8 atom stereocenters. The monoisotopic (exact) mass is 304 g/mol. The summed E-state index contributed by atoms with van der Waals surface area (Å²) < 4.78 is 0. The Kier molecular flexibility index (Phi) is 3.32. The first-order valence-corrected chi connectivity index (χ1v) is 9.58. The van der Waals surface area contributed by atoms with Gasteiger partial charge in [0.05, 0.1) is 0 Å². The molecule has 1 N–H and O–H groups in total. The Balaban J connectivity index is 1.64. The molecule has 0 amide bonds. The Hall–Kier alpha value is -0.370. The van der Waals surface area contributed by atoms with E-state index in [2.05, 4.69) is 20.8 Å². The number of hydrogen-bond acceptors (Lipinski definition) is 2. The molecular formula is C20H32O2. The van der Waals surface area contributed by atoms with Crippen LogP contribution in [0.15, 0.2) is 0 Å². The maximum absolute atomic E-state index is 12.5. The van der Waals surface area contributed by atoms with Crippen molar-refractivity contribution in [1.29, 1.82) is 0 Å². The van der Waals surface area contributed by atoms with Crippen molar-refractivity contribution in [3.05, 3.63) is 0 Å². The summed E-state index contributed by atoms with van der Waals surface area (Å²) in [4.78, 5) is 12.5. The number of fused-ring (bicyclic) bond motifs is 5. The quantitative estimate of drug-likeness (QED) is 0.728. The van der Waals surface area contributed by atoms with E-state index in [1.807, 2.05) is 0 Å². The highest BCUT2D eigenvalue weighted by Crippen LogP contribution is 2.65. The molecule has 124 valence electrons. The fraction of sp³-hybridized carbons (Fsp3) is 0.950. The molecule has 0 aromatic carbocycles. The van der Waals surface area contributed by atoms with E-state index in [1.54, 1.807) is 0 Å². The maximum atomic E-state index is 12.5. The van der Waals surface area contributed by atoms with E-state index < -0.39 is 6.10 Å². The number of Topliss-reactive ketones (excluding diaryl/α,β-unsaturated/α-hetero) is 1. The first kappa shape index (κ1) is 15.2. The van der Waals surface area contributed by atoms with Crippen molar-refractivity contribution in [3.63, 3.8) is 0 Å². The number of ketones is 1. The van der Waals surface area contributed by atoms with Crippen molar-refractivity contribution in [2.24, 2.45) is 40.4 Å². The molecule has 4 aliphatic carbocycles. The lowest BCUT2D eigenvalue weighted by atomic mass is 9.45. The molecule has 2 nitrogen and oxygen atoms in total. The molecule has 0 aliphatic heterocycles. The number of rotatable bonds is 0. The third-order valence-corrected chi connectivity index (χ3v) is 8.66. The lowest BCUT2D eigenvalue weighted by Crippen LogP contribution is -2.53. The van der Waals surface area contributed by atoms with Crippen LogP contribution in [0.2, 0.25) is 0 Å². The standard InChI is InChI=1S/C20H32O2/c1-12-6-8-19(2)13(10-12)4-5-14-15(19)7-9-20(3)16(14)11-17(21)18(20)22/h12-17,21H,4-11H2,1-3H3/t12?,13?,14-,15-,16+,17?,19+,20+/m1/s1. The zero-order chi connectivity index (χ0) is 15.7. The Labute approximate surface area is 135 Å². The minimum Gasteiger partial charge on any atom is -0.385 e. The summed E-state index contributed by atoms with van der Waals surface area (Å²) in [5.74, 6) is 3.90. The number of carbonyl (C=O) groups excluding carboxylic acids is 1. The maximum Gasteiger partial charge on any atom is 0.167 e. The second kappa shape index (κ2) is 4.82. The van der Waals surface area contributed by atoms with Crippen molar-refractivity contribution < 1.29 is 9.90 Å². The van der Waals surface area contributed by atoms with Crippen molar-refractivity contribution >= 4 is 5.78 Å². The lowest BCUT2D eigenvalue weighted by molar-refractivity contribution is -0.142. The highest BCUT2D eigenvalue weighted by atomic mass is 16.3. The van der Waals surface area contributed by atoms with Gasteiger partial charge < -0.3 is 5.11 Å². The normalized spacial score (nSPS) is 57.9. The van der Waals surface area contributed by atoms with Gasteiger partial charge in [0.25, 0.3) is 0 Å². The van der Waals surface area contributed by atoms with Crippen LogP contribution in [0.25, 0.3) is 0 Å². The smallest absolute Gasteiger partial charge is 0.167 e. The molecule has 22 heavy (non-hydrogen) atoms. The van der Waals surface area contributed by atoms with E-state index in [4.69, 9.17) is 0 Å². The lowest BCUT2D eigenvalue weighted by Gasteiger charge is -2.60. The fourth-order valence-electron chi connectivity index (χ4n) is 7.26. The summed E-state index contributed by atoms with van der Waals surface area (Å²) >= 11 is 0. The van der Waals surface area contributed by atoms with E-state index in [-0.39, 0.29) is 11.2 Å². The van der Waals surface area contributed by atoms with Gasteiger partial charge in [0.2, 0.25) is 0 Å². The predicted octanol–water partition coefficient (Wildman–Crippen LogP) is 4.21. The van der Waals surface area contributed by atoms with Gasteiger partial charge in [-0.2, -0.15) is 0 Å². The van der Waals surface area contributed by atoms with Crippen LogP contribution in [-0.4, -0.2) is 17.0 Å². The molecule has 4 saturated carbocycles. The first-order valence-electron chi connectivity index (χ1n) is 9.58. The molecule has 0 aromatic heterocycles. The van der Waals surface area contributed by atoms with E-state index >= 15 is 0 Å². The van der Waals surface area contributed by atoms with E-state index in [0.717, 1.165) is 30.6 Å². The molecule has 0 spiro atoms. The predicted molar refractivity (Wildman–Crippen MR) is 87.3 cm³/mol. The summed E-state index contributed by atoms with van der Waals surface area (Å²) in [5, 5.41) is 10.2. The van der Waals surface area contributed by atoms with Crippen LogP contribution in [-0.2, 0) is 4.79 Å². The highest BCUT2D eigenvalue weighted by molar-refractivity contribution is 5.91. The van der Waals surface area contributed by atoms with Gasteiger partial charge in [-0.05, 0) is 80.0 Å². The van der Waals surface area contributed by atoms with Crippen LogP contribution in [0.4, 0.5) is 0 Å². The van der Waals surface area contributed by atoms with Crippen LogP contribution in [0.5, 0.6) is 0 Å². The average Bonchev–Trinajstić information content (AvgIpc) is 2.72. The van der Waals surface area contributed by atoms with Crippen molar-refractivity contribution in [2.45, 2.75) is 78.2 Å². The molecule has 0 aromatic rings. The Morgan fingerprint density at radius 2 is 1.77 bits per heavy atom. The number of aliphatic hydroxyl groups is 1. The van der Waals surface area contributed by atoms with Gasteiger partial charge in [-0.1, -0.05) is 27.2 Å². The SMILES string of the molecule is CC1CC[C@@]2(C)C(CC[C@@H]3[C@H]2CC[C@]2(C)C(=O)C(O)C[C@@H]32)C1.